The molecule has 0 radical (unpaired) electrons. The molecule has 2 unspecified atom stereocenters. The van der Waals surface area contributed by atoms with Crippen LogP contribution in [-0.4, -0.2) is 18.4 Å². The van der Waals surface area contributed by atoms with Crippen LogP contribution < -0.4 is 0 Å². The molecule has 3 heteroatoms. The summed E-state index contributed by atoms with van der Waals surface area (Å²) in [6.07, 6.45) is 3.85. The zero-order chi connectivity index (χ0) is 8.97. The molecule has 0 spiro atoms. The van der Waals surface area contributed by atoms with Crippen LogP contribution in [0.15, 0.2) is 0 Å². The third-order valence-electron chi connectivity index (χ3n) is 2.25. The molecule has 2 atom stereocenters. The largest absolute Gasteiger partial charge is 0.462 e. The minimum absolute atomic E-state index is 0.0551. The number of carbonyl (C=O) groups is 2. The van der Waals surface area contributed by atoms with E-state index >= 15 is 0 Å². The summed E-state index contributed by atoms with van der Waals surface area (Å²) in [6, 6.07) is 0. The van der Waals surface area contributed by atoms with Crippen LogP contribution in [0.4, 0.5) is 0 Å². The SMILES string of the molecule is CCC(=O)OC1CCCC1C=O. The second-order valence-corrected chi connectivity index (χ2v) is 3.11. The van der Waals surface area contributed by atoms with E-state index in [1.54, 1.807) is 6.92 Å². The van der Waals surface area contributed by atoms with Gasteiger partial charge in [-0.2, -0.15) is 0 Å². The van der Waals surface area contributed by atoms with E-state index in [1.165, 1.54) is 0 Å². The van der Waals surface area contributed by atoms with Crippen LogP contribution in [0.2, 0.25) is 0 Å². The molecule has 0 aromatic heterocycles. The van der Waals surface area contributed by atoms with Crippen LogP contribution in [0.3, 0.4) is 0 Å². The third-order valence-corrected chi connectivity index (χ3v) is 2.25. The number of esters is 1. The first-order chi connectivity index (χ1) is 5.77. The van der Waals surface area contributed by atoms with Gasteiger partial charge in [-0.25, -0.2) is 0 Å². The van der Waals surface area contributed by atoms with Crippen LogP contribution in [-0.2, 0) is 14.3 Å². The molecular weight excluding hydrogens is 156 g/mol. The van der Waals surface area contributed by atoms with Crippen LogP contribution in [0.25, 0.3) is 0 Å². The Bertz CT molecular complexity index is 177. The fourth-order valence-electron chi connectivity index (χ4n) is 1.51. The first-order valence-electron chi connectivity index (χ1n) is 4.42. The average Bonchev–Trinajstić information content (AvgIpc) is 2.51. The van der Waals surface area contributed by atoms with Gasteiger partial charge in [-0.05, 0) is 19.3 Å². The Morgan fingerprint density at radius 3 is 2.92 bits per heavy atom. The standard InChI is InChI=1S/C9H14O3/c1-2-9(11)12-8-5-3-4-7(8)6-10/h6-8H,2-5H2,1H3. The van der Waals surface area contributed by atoms with E-state index in [0.29, 0.717) is 6.42 Å². The zero-order valence-corrected chi connectivity index (χ0v) is 7.29. The second kappa shape index (κ2) is 4.24. The van der Waals surface area contributed by atoms with Gasteiger partial charge in [0.05, 0.1) is 5.92 Å². The average molecular weight is 170 g/mol. The summed E-state index contributed by atoms with van der Waals surface area (Å²) >= 11 is 0. The molecule has 0 bridgehead atoms. The summed E-state index contributed by atoms with van der Waals surface area (Å²) in [7, 11) is 0. The van der Waals surface area contributed by atoms with Gasteiger partial charge in [-0.15, -0.1) is 0 Å². The van der Waals surface area contributed by atoms with Gasteiger partial charge in [0.2, 0.25) is 0 Å². The summed E-state index contributed by atoms with van der Waals surface area (Å²) < 4.78 is 5.09. The molecule has 0 saturated heterocycles. The second-order valence-electron chi connectivity index (χ2n) is 3.11. The monoisotopic (exact) mass is 170 g/mol. The van der Waals surface area contributed by atoms with Crippen LogP contribution in [0.1, 0.15) is 32.6 Å². The van der Waals surface area contributed by atoms with Crippen molar-refractivity contribution in [2.45, 2.75) is 38.7 Å². The highest BCUT2D eigenvalue weighted by Gasteiger charge is 2.29. The predicted molar refractivity (Wildman–Crippen MR) is 43.6 cm³/mol. The maximum atomic E-state index is 10.9. The van der Waals surface area contributed by atoms with Crippen LogP contribution in [0.5, 0.6) is 0 Å². The molecule has 1 aliphatic carbocycles. The lowest BCUT2D eigenvalue weighted by atomic mass is 10.1. The van der Waals surface area contributed by atoms with E-state index in [-0.39, 0.29) is 18.0 Å². The van der Waals surface area contributed by atoms with Gasteiger partial charge in [0.25, 0.3) is 0 Å². The van der Waals surface area contributed by atoms with E-state index in [9.17, 15) is 9.59 Å². The first-order valence-corrected chi connectivity index (χ1v) is 4.42. The summed E-state index contributed by atoms with van der Waals surface area (Å²) in [5, 5.41) is 0. The van der Waals surface area contributed by atoms with Crippen LogP contribution >= 0.6 is 0 Å². The molecule has 0 N–H and O–H groups in total. The van der Waals surface area contributed by atoms with Gasteiger partial charge in [-0.1, -0.05) is 6.92 Å². The highest BCUT2D eigenvalue weighted by molar-refractivity contribution is 5.69. The summed E-state index contributed by atoms with van der Waals surface area (Å²) in [5.74, 6) is -0.255. The Labute approximate surface area is 72.1 Å². The van der Waals surface area contributed by atoms with Crippen molar-refractivity contribution in [2.24, 2.45) is 5.92 Å². The molecule has 1 aliphatic rings. The van der Waals surface area contributed by atoms with Gasteiger partial charge >= 0.3 is 5.97 Å². The van der Waals surface area contributed by atoms with E-state index in [2.05, 4.69) is 0 Å². The molecule has 3 nitrogen and oxygen atoms in total. The maximum absolute atomic E-state index is 10.9. The lowest BCUT2D eigenvalue weighted by molar-refractivity contribution is -0.150. The Hall–Kier alpha value is -0.860. The molecule has 1 fully saturated rings. The molecule has 0 amide bonds. The van der Waals surface area contributed by atoms with E-state index in [0.717, 1.165) is 25.5 Å². The van der Waals surface area contributed by atoms with E-state index < -0.39 is 0 Å². The predicted octanol–water partition coefficient (Wildman–Crippen LogP) is 1.31. The molecule has 0 aliphatic heterocycles. The van der Waals surface area contributed by atoms with Crippen molar-refractivity contribution in [3.63, 3.8) is 0 Å². The topological polar surface area (TPSA) is 43.4 Å². The normalized spacial score (nSPS) is 28.4. The van der Waals surface area contributed by atoms with Gasteiger partial charge in [0.1, 0.15) is 12.4 Å². The molecule has 1 saturated carbocycles. The van der Waals surface area contributed by atoms with Crippen LogP contribution in [0, 0.1) is 5.92 Å². The van der Waals surface area contributed by atoms with Gasteiger partial charge in [0.15, 0.2) is 0 Å². The molecule has 0 aromatic carbocycles. The Kier molecular flexibility index (Phi) is 3.26. The summed E-state index contributed by atoms with van der Waals surface area (Å²) in [4.78, 5) is 21.4. The minimum Gasteiger partial charge on any atom is -0.462 e. The molecule has 68 valence electrons. The summed E-state index contributed by atoms with van der Waals surface area (Å²) in [6.45, 7) is 1.76. The summed E-state index contributed by atoms with van der Waals surface area (Å²) in [5.41, 5.74) is 0. The van der Waals surface area contributed by atoms with Crippen molar-refractivity contribution in [1.82, 2.24) is 0 Å². The Balaban J connectivity index is 2.40. The Morgan fingerprint density at radius 2 is 2.33 bits per heavy atom. The Morgan fingerprint density at radius 1 is 1.58 bits per heavy atom. The first kappa shape index (κ1) is 9.23. The van der Waals surface area contributed by atoms with Crippen molar-refractivity contribution in [2.75, 3.05) is 0 Å². The molecule has 12 heavy (non-hydrogen) atoms. The lowest BCUT2D eigenvalue weighted by Gasteiger charge is -2.14. The molecular formula is C9H14O3. The quantitative estimate of drug-likeness (QED) is 0.473. The molecule has 1 rings (SSSR count). The van der Waals surface area contributed by atoms with Gasteiger partial charge in [0, 0.05) is 6.42 Å². The third kappa shape index (κ3) is 2.06. The van der Waals surface area contributed by atoms with Gasteiger partial charge in [-0.3, -0.25) is 4.79 Å². The number of aldehydes is 1. The lowest BCUT2D eigenvalue weighted by Crippen LogP contribution is -2.22. The number of ether oxygens (including phenoxy) is 1. The van der Waals surface area contributed by atoms with Crippen molar-refractivity contribution >= 4 is 12.3 Å². The van der Waals surface area contributed by atoms with Crippen molar-refractivity contribution in [3.05, 3.63) is 0 Å². The minimum atomic E-state index is -0.200. The highest BCUT2D eigenvalue weighted by Crippen LogP contribution is 2.26. The number of hydrogen-bond donors (Lipinski definition) is 0. The van der Waals surface area contributed by atoms with Crippen molar-refractivity contribution in [1.29, 1.82) is 0 Å². The van der Waals surface area contributed by atoms with Crippen molar-refractivity contribution < 1.29 is 14.3 Å². The molecule has 0 aromatic rings. The number of rotatable bonds is 3. The highest BCUT2D eigenvalue weighted by atomic mass is 16.5. The maximum Gasteiger partial charge on any atom is 0.305 e. The number of hydrogen-bond acceptors (Lipinski definition) is 3. The smallest absolute Gasteiger partial charge is 0.305 e. The molecule has 0 heterocycles. The fraction of sp³-hybridized carbons (Fsp3) is 0.778. The van der Waals surface area contributed by atoms with E-state index in [1.807, 2.05) is 0 Å². The van der Waals surface area contributed by atoms with E-state index in [4.69, 9.17) is 4.74 Å². The number of carbonyl (C=O) groups excluding carboxylic acids is 2. The fourth-order valence-corrected chi connectivity index (χ4v) is 1.51. The van der Waals surface area contributed by atoms with Gasteiger partial charge < -0.3 is 9.53 Å². The van der Waals surface area contributed by atoms with Crippen molar-refractivity contribution in [3.8, 4) is 0 Å². The zero-order valence-electron chi connectivity index (χ0n) is 7.29.